The summed E-state index contributed by atoms with van der Waals surface area (Å²) in [5, 5.41) is 12.5. The van der Waals surface area contributed by atoms with Crippen LogP contribution in [0.25, 0.3) is 0 Å². The molecule has 2 nitrogen and oxygen atoms in total. The van der Waals surface area contributed by atoms with Crippen molar-refractivity contribution in [2.24, 2.45) is 5.92 Å². The van der Waals surface area contributed by atoms with Crippen LogP contribution in [0.4, 0.5) is 0 Å². The summed E-state index contributed by atoms with van der Waals surface area (Å²) in [5.41, 5.74) is 1.16. The monoisotopic (exact) mass is 181 g/mol. The van der Waals surface area contributed by atoms with Crippen LogP contribution in [-0.2, 0) is 0 Å². The Hall–Kier alpha value is -0.340. The first-order valence-electron chi connectivity index (χ1n) is 5.42. The molecule has 0 radical (unpaired) electrons. The van der Waals surface area contributed by atoms with Gasteiger partial charge in [-0.05, 0) is 30.8 Å². The van der Waals surface area contributed by atoms with Gasteiger partial charge in [0.1, 0.15) is 0 Å². The van der Waals surface area contributed by atoms with E-state index in [4.69, 9.17) is 5.11 Å². The van der Waals surface area contributed by atoms with Crippen molar-refractivity contribution in [3.05, 3.63) is 11.6 Å². The predicted octanol–water partition coefficient (Wildman–Crippen LogP) is 1.46. The molecule has 0 aromatic rings. The Kier molecular flexibility index (Phi) is 3.01. The van der Waals surface area contributed by atoms with Crippen LogP contribution in [0.1, 0.15) is 32.1 Å². The molecule has 74 valence electrons. The quantitative estimate of drug-likeness (QED) is 0.632. The molecule has 2 N–H and O–H groups in total. The highest BCUT2D eigenvalue weighted by Crippen LogP contribution is 2.30. The molecule has 1 aliphatic heterocycles. The van der Waals surface area contributed by atoms with Gasteiger partial charge in [0, 0.05) is 12.6 Å². The van der Waals surface area contributed by atoms with E-state index < -0.39 is 0 Å². The third-order valence-corrected chi connectivity index (χ3v) is 3.42. The zero-order valence-electron chi connectivity index (χ0n) is 8.13. The Morgan fingerprint density at radius 3 is 2.69 bits per heavy atom. The van der Waals surface area contributed by atoms with E-state index in [9.17, 15) is 0 Å². The van der Waals surface area contributed by atoms with Crippen LogP contribution < -0.4 is 5.32 Å². The van der Waals surface area contributed by atoms with E-state index in [2.05, 4.69) is 11.4 Å². The molecule has 1 fully saturated rings. The van der Waals surface area contributed by atoms with Crippen molar-refractivity contribution in [1.29, 1.82) is 0 Å². The standard InChI is InChI=1S/C11H19NO/c13-8-9-5-6-11(12-7-9)10-3-1-2-4-10/h5,10-13H,1-4,6-8H2. The first-order chi connectivity index (χ1) is 6.40. The fourth-order valence-corrected chi connectivity index (χ4v) is 2.55. The predicted molar refractivity (Wildman–Crippen MR) is 53.5 cm³/mol. The smallest absolute Gasteiger partial charge is 0.0654 e. The minimum Gasteiger partial charge on any atom is -0.392 e. The van der Waals surface area contributed by atoms with Crippen molar-refractivity contribution in [2.75, 3.05) is 13.2 Å². The SMILES string of the molecule is OCC1=CCC(C2CCCC2)NC1. The van der Waals surface area contributed by atoms with E-state index in [-0.39, 0.29) is 6.61 Å². The second-order valence-corrected chi connectivity index (χ2v) is 4.29. The van der Waals surface area contributed by atoms with Gasteiger partial charge in [0.2, 0.25) is 0 Å². The highest BCUT2D eigenvalue weighted by Gasteiger charge is 2.25. The maximum Gasteiger partial charge on any atom is 0.0654 e. The van der Waals surface area contributed by atoms with Crippen molar-refractivity contribution in [3.8, 4) is 0 Å². The molecule has 2 heteroatoms. The van der Waals surface area contributed by atoms with Crippen molar-refractivity contribution in [1.82, 2.24) is 5.32 Å². The minimum atomic E-state index is 0.227. The summed E-state index contributed by atoms with van der Waals surface area (Å²) >= 11 is 0. The topological polar surface area (TPSA) is 32.3 Å². The maximum absolute atomic E-state index is 8.93. The Morgan fingerprint density at radius 1 is 1.38 bits per heavy atom. The molecule has 2 aliphatic rings. The van der Waals surface area contributed by atoms with Crippen molar-refractivity contribution in [2.45, 2.75) is 38.1 Å². The molecular formula is C11H19NO. The maximum atomic E-state index is 8.93. The van der Waals surface area contributed by atoms with Crippen LogP contribution in [0.5, 0.6) is 0 Å². The molecule has 0 amide bonds. The van der Waals surface area contributed by atoms with Crippen molar-refractivity contribution < 1.29 is 5.11 Å². The number of nitrogens with one attached hydrogen (secondary N) is 1. The summed E-state index contributed by atoms with van der Waals surface area (Å²) in [6.45, 7) is 1.13. The molecule has 1 atom stereocenters. The molecule has 1 heterocycles. The van der Waals surface area contributed by atoms with E-state index in [1.807, 2.05) is 0 Å². The lowest BCUT2D eigenvalue weighted by Gasteiger charge is -2.28. The summed E-state index contributed by atoms with van der Waals surface area (Å²) in [5.74, 6) is 0.900. The average molecular weight is 181 g/mol. The second-order valence-electron chi connectivity index (χ2n) is 4.29. The summed E-state index contributed by atoms with van der Waals surface area (Å²) < 4.78 is 0. The minimum absolute atomic E-state index is 0.227. The van der Waals surface area contributed by atoms with Gasteiger partial charge in [-0.15, -0.1) is 0 Å². The average Bonchev–Trinajstić information content (AvgIpc) is 2.71. The molecular weight excluding hydrogens is 162 g/mol. The molecule has 13 heavy (non-hydrogen) atoms. The highest BCUT2D eigenvalue weighted by atomic mass is 16.3. The van der Waals surface area contributed by atoms with Gasteiger partial charge in [0.15, 0.2) is 0 Å². The Labute approximate surface area is 80.0 Å². The van der Waals surface area contributed by atoms with E-state index in [1.54, 1.807) is 0 Å². The normalized spacial score (nSPS) is 30.5. The van der Waals surface area contributed by atoms with Crippen molar-refractivity contribution >= 4 is 0 Å². The lowest BCUT2D eigenvalue weighted by molar-refractivity contribution is 0.306. The molecule has 1 unspecified atom stereocenters. The van der Waals surface area contributed by atoms with Gasteiger partial charge in [-0.2, -0.15) is 0 Å². The second kappa shape index (κ2) is 4.25. The van der Waals surface area contributed by atoms with Gasteiger partial charge in [-0.25, -0.2) is 0 Å². The Balaban J connectivity index is 1.86. The summed E-state index contributed by atoms with van der Waals surface area (Å²) in [6.07, 6.45) is 8.98. The molecule has 2 rings (SSSR count). The van der Waals surface area contributed by atoms with E-state index in [0.29, 0.717) is 6.04 Å². The number of aliphatic hydroxyl groups is 1. The first kappa shape index (κ1) is 9.22. The van der Waals surface area contributed by atoms with Crippen LogP contribution >= 0.6 is 0 Å². The molecule has 1 aliphatic carbocycles. The third kappa shape index (κ3) is 2.12. The number of hydrogen-bond donors (Lipinski definition) is 2. The number of aliphatic hydroxyl groups excluding tert-OH is 1. The number of rotatable bonds is 2. The zero-order chi connectivity index (χ0) is 9.10. The summed E-state index contributed by atoms with van der Waals surface area (Å²) in [7, 11) is 0. The first-order valence-corrected chi connectivity index (χ1v) is 5.42. The van der Waals surface area contributed by atoms with Gasteiger partial charge >= 0.3 is 0 Å². The highest BCUT2D eigenvalue weighted by molar-refractivity contribution is 5.10. The fraction of sp³-hybridized carbons (Fsp3) is 0.818. The third-order valence-electron chi connectivity index (χ3n) is 3.42. The van der Waals surface area contributed by atoms with Crippen molar-refractivity contribution in [3.63, 3.8) is 0 Å². The number of hydrogen-bond acceptors (Lipinski definition) is 2. The molecule has 0 aromatic heterocycles. The molecule has 0 spiro atoms. The van der Waals surface area contributed by atoms with Gasteiger partial charge in [-0.1, -0.05) is 18.9 Å². The van der Waals surface area contributed by atoms with Crippen LogP contribution in [0, 0.1) is 5.92 Å². The summed E-state index contributed by atoms with van der Waals surface area (Å²) in [6, 6.07) is 0.692. The van der Waals surface area contributed by atoms with Crippen LogP contribution in [0.3, 0.4) is 0 Å². The van der Waals surface area contributed by atoms with Crippen LogP contribution in [-0.4, -0.2) is 24.3 Å². The Bertz CT molecular complexity index is 194. The molecule has 0 bridgehead atoms. The lowest BCUT2D eigenvalue weighted by atomic mass is 9.92. The van der Waals surface area contributed by atoms with Gasteiger partial charge < -0.3 is 10.4 Å². The van der Waals surface area contributed by atoms with Gasteiger partial charge in [0.25, 0.3) is 0 Å². The fourth-order valence-electron chi connectivity index (χ4n) is 2.55. The zero-order valence-corrected chi connectivity index (χ0v) is 8.13. The van der Waals surface area contributed by atoms with Gasteiger partial charge in [-0.3, -0.25) is 0 Å². The van der Waals surface area contributed by atoms with Crippen LogP contribution in [0.15, 0.2) is 11.6 Å². The lowest BCUT2D eigenvalue weighted by Crippen LogP contribution is -2.39. The summed E-state index contributed by atoms with van der Waals surface area (Å²) in [4.78, 5) is 0. The largest absolute Gasteiger partial charge is 0.392 e. The molecule has 0 aromatic carbocycles. The molecule has 0 saturated heterocycles. The van der Waals surface area contributed by atoms with E-state index >= 15 is 0 Å². The molecule has 1 saturated carbocycles. The van der Waals surface area contributed by atoms with E-state index in [0.717, 1.165) is 24.5 Å². The van der Waals surface area contributed by atoms with Gasteiger partial charge in [0.05, 0.1) is 6.61 Å². The van der Waals surface area contributed by atoms with Crippen LogP contribution in [0.2, 0.25) is 0 Å². The Morgan fingerprint density at radius 2 is 2.15 bits per heavy atom. The van der Waals surface area contributed by atoms with E-state index in [1.165, 1.54) is 25.7 Å².